The molecule has 3 rings (SSSR count). The van der Waals surface area contributed by atoms with E-state index in [-0.39, 0.29) is 17.0 Å². The van der Waals surface area contributed by atoms with Crippen LogP contribution in [0.25, 0.3) is 0 Å². The van der Waals surface area contributed by atoms with Crippen LogP contribution in [0.1, 0.15) is 51.0 Å². The molecule has 162 valence electrons. The fraction of sp³-hybridized carbons (Fsp3) is 0.409. The molecule has 0 spiro atoms. The van der Waals surface area contributed by atoms with Gasteiger partial charge in [0.05, 0.1) is 22.7 Å². The second-order valence-corrected chi connectivity index (χ2v) is 9.29. The van der Waals surface area contributed by atoms with E-state index < -0.39 is 21.7 Å². The van der Waals surface area contributed by atoms with Crippen LogP contribution in [0.5, 0.6) is 5.75 Å². The topological polar surface area (TPSA) is 105 Å². The number of aliphatic carboxylic acids is 1. The van der Waals surface area contributed by atoms with Crippen molar-refractivity contribution in [3.05, 3.63) is 54.1 Å². The van der Waals surface area contributed by atoms with Crippen molar-refractivity contribution in [3.8, 4) is 5.75 Å². The summed E-state index contributed by atoms with van der Waals surface area (Å²) >= 11 is 0. The van der Waals surface area contributed by atoms with E-state index in [4.69, 9.17) is 4.74 Å². The monoisotopic (exact) mass is 432 g/mol. The van der Waals surface area contributed by atoms with Crippen LogP contribution in [0.3, 0.4) is 0 Å². The van der Waals surface area contributed by atoms with Gasteiger partial charge in [-0.1, -0.05) is 69.4 Å². The van der Waals surface area contributed by atoms with E-state index in [0.29, 0.717) is 17.9 Å². The van der Waals surface area contributed by atoms with Gasteiger partial charge < -0.3 is 15.2 Å². The van der Waals surface area contributed by atoms with Crippen LogP contribution >= 0.6 is 0 Å². The highest BCUT2D eigenvalue weighted by Crippen LogP contribution is 2.44. The number of anilines is 2. The van der Waals surface area contributed by atoms with Crippen LogP contribution in [0.2, 0.25) is 0 Å². The summed E-state index contributed by atoms with van der Waals surface area (Å²) in [6.45, 7) is 2.14. The second kappa shape index (κ2) is 9.38. The Balaban J connectivity index is 1.78. The van der Waals surface area contributed by atoms with Crippen LogP contribution in [0.15, 0.2) is 48.5 Å². The summed E-state index contributed by atoms with van der Waals surface area (Å²) < 4.78 is 33.6. The molecule has 2 aromatic rings. The van der Waals surface area contributed by atoms with E-state index in [9.17, 15) is 18.3 Å². The maximum atomic E-state index is 12.6. The number of hydrogen-bond acceptors (Lipinski definition) is 5. The third-order valence-corrected chi connectivity index (χ3v) is 6.46. The van der Waals surface area contributed by atoms with E-state index in [1.807, 2.05) is 0 Å². The molecule has 0 aromatic heterocycles. The Bertz CT molecular complexity index is 966. The van der Waals surface area contributed by atoms with Crippen molar-refractivity contribution >= 4 is 27.4 Å². The molecule has 1 atom stereocenters. The molecule has 0 radical (unpaired) electrons. The summed E-state index contributed by atoms with van der Waals surface area (Å²) in [4.78, 5) is 12.2. The molecule has 0 saturated heterocycles. The highest BCUT2D eigenvalue weighted by molar-refractivity contribution is 7.92. The van der Waals surface area contributed by atoms with E-state index in [1.54, 1.807) is 48.5 Å². The molecule has 8 heteroatoms. The SMILES string of the molecule is CCCCCCCCS(=O)(=O)Nc1ccccc1C1(C(=O)O)Nc2ccccc2O1. The van der Waals surface area contributed by atoms with Gasteiger partial charge in [-0.3, -0.25) is 4.72 Å². The first-order chi connectivity index (χ1) is 14.4. The van der Waals surface area contributed by atoms with Crippen molar-refractivity contribution < 1.29 is 23.1 Å². The van der Waals surface area contributed by atoms with Crippen molar-refractivity contribution in [1.82, 2.24) is 0 Å². The van der Waals surface area contributed by atoms with Gasteiger partial charge in [0, 0.05) is 0 Å². The summed E-state index contributed by atoms with van der Waals surface area (Å²) in [5, 5.41) is 12.9. The number of fused-ring (bicyclic) bond motifs is 1. The number of hydrogen-bond donors (Lipinski definition) is 3. The first kappa shape index (κ1) is 22.0. The average Bonchev–Trinajstić information content (AvgIpc) is 3.11. The Morgan fingerprint density at radius 1 is 1.03 bits per heavy atom. The fourth-order valence-corrected chi connectivity index (χ4v) is 4.74. The lowest BCUT2D eigenvalue weighted by Crippen LogP contribution is -2.46. The zero-order chi connectivity index (χ0) is 21.6. The molecule has 7 nitrogen and oxygen atoms in total. The molecule has 1 unspecified atom stereocenters. The Morgan fingerprint density at radius 3 is 2.43 bits per heavy atom. The highest BCUT2D eigenvalue weighted by atomic mass is 32.2. The van der Waals surface area contributed by atoms with Crippen LogP contribution in [0.4, 0.5) is 11.4 Å². The molecular formula is C22H28N2O5S. The summed E-state index contributed by atoms with van der Waals surface area (Å²) in [5.74, 6) is -0.881. The van der Waals surface area contributed by atoms with Crippen molar-refractivity contribution in [3.63, 3.8) is 0 Å². The number of ether oxygens (including phenoxy) is 1. The number of rotatable bonds is 11. The summed E-state index contributed by atoms with van der Waals surface area (Å²) in [6.07, 6.45) is 5.83. The largest absolute Gasteiger partial charge is 0.477 e. The molecule has 0 fully saturated rings. The number of sulfonamides is 1. The van der Waals surface area contributed by atoms with Crippen molar-refractivity contribution in [1.29, 1.82) is 0 Å². The van der Waals surface area contributed by atoms with Gasteiger partial charge in [-0.25, -0.2) is 13.2 Å². The molecule has 0 saturated carbocycles. The number of benzene rings is 2. The molecular weight excluding hydrogens is 404 g/mol. The summed E-state index contributed by atoms with van der Waals surface area (Å²) in [5.41, 5.74) is -1.00. The second-order valence-electron chi connectivity index (χ2n) is 7.44. The lowest BCUT2D eigenvalue weighted by Gasteiger charge is -2.27. The highest BCUT2D eigenvalue weighted by Gasteiger charge is 2.49. The number of nitrogens with one attached hydrogen (secondary N) is 2. The number of para-hydroxylation sites is 3. The normalized spacial score (nSPS) is 17.6. The van der Waals surface area contributed by atoms with Crippen molar-refractivity contribution in [2.24, 2.45) is 0 Å². The Hall–Kier alpha value is -2.74. The van der Waals surface area contributed by atoms with Gasteiger partial charge >= 0.3 is 11.7 Å². The zero-order valence-electron chi connectivity index (χ0n) is 17.1. The van der Waals surface area contributed by atoms with Crippen LogP contribution in [-0.2, 0) is 20.5 Å². The van der Waals surface area contributed by atoms with E-state index >= 15 is 0 Å². The van der Waals surface area contributed by atoms with Crippen LogP contribution in [-0.4, -0.2) is 25.2 Å². The quantitative estimate of drug-likeness (QED) is 0.451. The molecule has 0 aliphatic carbocycles. The van der Waals surface area contributed by atoms with Gasteiger partial charge in [0.1, 0.15) is 5.75 Å². The molecule has 2 aromatic carbocycles. The molecule has 1 aliphatic heterocycles. The first-order valence-corrected chi connectivity index (χ1v) is 11.9. The molecule has 0 bridgehead atoms. The molecule has 1 aliphatic rings. The van der Waals surface area contributed by atoms with Gasteiger partial charge in [0.15, 0.2) is 0 Å². The number of carboxylic acids is 1. The Labute approximate surface area is 177 Å². The van der Waals surface area contributed by atoms with E-state index in [1.165, 1.54) is 0 Å². The minimum absolute atomic E-state index is 0.0119. The fourth-order valence-electron chi connectivity index (χ4n) is 3.54. The van der Waals surface area contributed by atoms with Crippen LogP contribution in [0, 0.1) is 0 Å². The number of carboxylic acid groups (broad SMARTS) is 1. The molecule has 3 N–H and O–H groups in total. The van der Waals surface area contributed by atoms with Crippen molar-refractivity contribution in [2.75, 3.05) is 15.8 Å². The minimum atomic E-state index is -3.63. The maximum absolute atomic E-state index is 12.6. The van der Waals surface area contributed by atoms with E-state index in [2.05, 4.69) is 17.0 Å². The minimum Gasteiger partial charge on any atom is -0.477 e. The lowest BCUT2D eigenvalue weighted by atomic mass is 10.0. The van der Waals surface area contributed by atoms with Crippen LogP contribution < -0.4 is 14.8 Å². The van der Waals surface area contributed by atoms with Crippen molar-refractivity contribution in [2.45, 2.75) is 51.2 Å². The lowest BCUT2D eigenvalue weighted by molar-refractivity contribution is -0.152. The number of unbranched alkanes of at least 4 members (excludes halogenated alkanes) is 5. The summed E-state index contributed by atoms with van der Waals surface area (Å²) in [7, 11) is -3.63. The Morgan fingerprint density at radius 2 is 1.70 bits per heavy atom. The molecule has 1 heterocycles. The standard InChI is InChI=1S/C22H28N2O5S/c1-2-3-4-5-6-11-16-30(27,28)24-18-13-8-7-12-17(18)22(21(25)26)23-19-14-9-10-15-20(19)29-22/h7-10,12-15,23-24H,2-6,11,16H2,1H3,(H,25,26). The third kappa shape index (κ3) is 4.87. The first-order valence-electron chi connectivity index (χ1n) is 10.3. The number of carbonyl (C=O) groups is 1. The van der Waals surface area contributed by atoms with E-state index in [0.717, 1.165) is 32.1 Å². The van der Waals surface area contributed by atoms with Gasteiger partial charge in [0.2, 0.25) is 10.0 Å². The smallest absolute Gasteiger partial charge is 0.375 e. The van der Waals surface area contributed by atoms with Gasteiger partial charge in [-0.05, 0) is 24.6 Å². The zero-order valence-corrected chi connectivity index (χ0v) is 17.9. The maximum Gasteiger partial charge on any atom is 0.375 e. The summed E-state index contributed by atoms with van der Waals surface area (Å²) in [6, 6.07) is 13.3. The van der Waals surface area contributed by atoms with Gasteiger partial charge in [-0.15, -0.1) is 0 Å². The third-order valence-electron chi connectivity index (χ3n) is 5.10. The Kier molecular flexibility index (Phi) is 6.87. The predicted molar refractivity (Wildman–Crippen MR) is 117 cm³/mol. The predicted octanol–water partition coefficient (Wildman–Crippen LogP) is 4.53. The average molecular weight is 433 g/mol. The molecule has 0 amide bonds. The van der Waals surface area contributed by atoms with Gasteiger partial charge in [-0.2, -0.15) is 0 Å². The molecule has 30 heavy (non-hydrogen) atoms. The van der Waals surface area contributed by atoms with Gasteiger partial charge in [0.25, 0.3) is 0 Å².